The lowest BCUT2D eigenvalue weighted by atomic mass is 10.0. The maximum atomic E-state index is 14.6. The van der Waals surface area contributed by atoms with E-state index in [0.717, 1.165) is 5.56 Å². The Bertz CT molecular complexity index is 866. The average molecular weight is 390 g/mol. The van der Waals surface area contributed by atoms with Crippen LogP contribution in [0.15, 0.2) is 43.0 Å². The predicted molar refractivity (Wildman–Crippen MR) is 105 cm³/mol. The van der Waals surface area contributed by atoms with Gasteiger partial charge in [-0.15, -0.1) is 0 Å². The molecule has 0 aliphatic carbocycles. The van der Waals surface area contributed by atoms with E-state index in [2.05, 4.69) is 17.4 Å². The van der Waals surface area contributed by atoms with E-state index >= 15 is 0 Å². The van der Waals surface area contributed by atoms with E-state index in [9.17, 15) is 9.18 Å². The third-order valence-corrected chi connectivity index (χ3v) is 4.75. The van der Waals surface area contributed by atoms with Crippen LogP contribution < -0.4 is 15.8 Å². The van der Waals surface area contributed by atoms with Gasteiger partial charge in [-0.25, -0.2) is 4.39 Å². The second-order valence-electron chi connectivity index (χ2n) is 6.26. The van der Waals surface area contributed by atoms with Crippen LogP contribution in [-0.2, 0) is 4.74 Å². The third kappa shape index (κ3) is 4.40. The van der Waals surface area contributed by atoms with Crippen LogP contribution >= 0.6 is 11.6 Å². The highest BCUT2D eigenvalue weighted by molar-refractivity contribution is 6.33. The lowest BCUT2D eigenvalue weighted by Crippen LogP contribution is -2.37. The zero-order chi connectivity index (χ0) is 19.4. The molecule has 5 nitrogen and oxygen atoms in total. The lowest BCUT2D eigenvalue weighted by Gasteiger charge is -2.29. The molecule has 142 valence electrons. The maximum Gasteiger partial charge on any atom is 0.271 e. The third-order valence-electron chi connectivity index (χ3n) is 4.42. The van der Waals surface area contributed by atoms with Crippen molar-refractivity contribution in [2.24, 2.45) is 0 Å². The van der Waals surface area contributed by atoms with Gasteiger partial charge >= 0.3 is 0 Å². The van der Waals surface area contributed by atoms with Crippen molar-refractivity contribution in [3.8, 4) is 0 Å². The first-order chi connectivity index (χ1) is 13.0. The summed E-state index contributed by atoms with van der Waals surface area (Å²) in [6, 6.07) is 9.93. The molecule has 1 aliphatic heterocycles. The Kier molecular flexibility index (Phi) is 5.98. The topological polar surface area (TPSA) is 53.6 Å². The van der Waals surface area contributed by atoms with Gasteiger partial charge in [0.2, 0.25) is 0 Å². The summed E-state index contributed by atoms with van der Waals surface area (Å²) < 4.78 is 20.0. The Morgan fingerprint density at radius 1 is 1.19 bits per heavy atom. The number of nitrogens with zero attached hydrogens (tertiary/aromatic N) is 1. The number of amides is 1. The fourth-order valence-corrected chi connectivity index (χ4v) is 3.17. The number of hydrazine groups is 1. The van der Waals surface area contributed by atoms with Crippen molar-refractivity contribution in [3.05, 3.63) is 70.5 Å². The Morgan fingerprint density at radius 2 is 1.89 bits per heavy atom. The van der Waals surface area contributed by atoms with Crippen LogP contribution in [0.3, 0.4) is 0 Å². The first kappa shape index (κ1) is 19.2. The van der Waals surface area contributed by atoms with Gasteiger partial charge in [-0.1, -0.05) is 30.3 Å². The molecule has 0 atom stereocenters. The molecule has 0 saturated carbocycles. The summed E-state index contributed by atoms with van der Waals surface area (Å²) >= 11 is 6.01. The van der Waals surface area contributed by atoms with Gasteiger partial charge in [0.05, 0.1) is 35.2 Å². The number of halogens is 2. The molecule has 1 amide bonds. The molecule has 0 bridgehead atoms. The largest absolute Gasteiger partial charge is 0.378 e. The molecule has 1 saturated heterocycles. The monoisotopic (exact) mass is 389 g/mol. The zero-order valence-corrected chi connectivity index (χ0v) is 15.8. The smallest absolute Gasteiger partial charge is 0.271 e. The highest BCUT2D eigenvalue weighted by atomic mass is 35.5. The van der Waals surface area contributed by atoms with E-state index in [-0.39, 0.29) is 5.82 Å². The molecule has 2 N–H and O–H groups in total. The number of hydrogen-bond acceptors (Lipinski definition) is 4. The fraction of sp³-hybridized carbons (Fsp3) is 0.250. The summed E-state index contributed by atoms with van der Waals surface area (Å²) in [6.45, 7) is 8.26. The lowest BCUT2D eigenvalue weighted by molar-refractivity contribution is 0.0942. The van der Waals surface area contributed by atoms with Crippen molar-refractivity contribution in [3.63, 3.8) is 0 Å². The summed E-state index contributed by atoms with van der Waals surface area (Å²) in [5.74, 6) is -0.734. The second-order valence-corrected chi connectivity index (χ2v) is 6.66. The quantitative estimate of drug-likeness (QED) is 0.768. The number of benzene rings is 2. The van der Waals surface area contributed by atoms with Gasteiger partial charge in [0.1, 0.15) is 5.82 Å². The van der Waals surface area contributed by atoms with Crippen LogP contribution in [0.2, 0.25) is 5.02 Å². The molecular formula is C20H21ClFN3O2. The summed E-state index contributed by atoms with van der Waals surface area (Å²) in [5, 5.41) is 0.347. The van der Waals surface area contributed by atoms with Gasteiger partial charge < -0.3 is 9.64 Å². The predicted octanol–water partition coefficient (Wildman–Crippen LogP) is 3.53. The molecule has 27 heavy (non-hydrogen) atoms. The number of hydrogen-bond donors (Lipinski definition) is 2. The second kappa shape index (κ2) is 8.41. The first-order valence-electron chi connectivity index (χ1n) is 8.60. The van der Waals surface area contributed by atoms with Crippen molar-refractivity contribution in [1.82, 2.24) is 10.9 Å². The maximum absolute atomic E-state index is 14.6. The van der Waals surface area contributed by atoms with Crippen LogP contribution in [0.1, 0.15) is 21.5 Å². The van der Waals surface area contributed by atoms with Crippen LogP contribution in [-0.4, -0.2) is 32.2 Å². The van der Waals surface area contributed by atoms with Crippen molar-refractivity contribution < 1.29 is 13.9 Å². The molecule has 0 spiro atoms. The molecule has 7 heteroatoms. The number of rotatable bonds is 5. The van der Waals surface area contributed by atoms with Crippen molar-refractivity contribution >= 4 is 28.9 Å². The number of carbonyl (C=O) groups excluding carboxylic acids is 1. The highest BCUT2D eigenvalue weighted by Crippen LogP contribution is 2.27. The van der Waals surface area contributed by atoms with Gasteiger partial charge in [0.15, 0.2) is 0 Å². The van der Waals surface area contributed by atoms with Gasteiger partial charge in [-0.3, -0.25) is 15.6 Å². The molecule has 1 fully saturated rings. The highest BCUT2D eigenvalue weighted by Gasteiger charge is 2.18. The molecular weight excluding hydrogens is 369 g/mol. The Labute approximate surface area is 162 Å². The number of ether oxygens (including phenoxy) is 1. The van der Waals surface area contributed by atoms with Gasteiger partial charge in [0, 0.05) is 18.7 Å². The van der Waals surface area contributed by atoms with E-state index in [1.165, 1.54) is 6.07 Å². The minimum atomic E-state index is -0.398. The SMILES string of the molecule is C=C(NNC(=O)c1ccccc1Cl)c1cc(F)c(N2CCOCC2)cc1C. The molecule has 0 unspecified atom stereocenters. The Morgan fingerprint density at radius 3 is 2.59 bits per heavy atom. The van der Waals surface area contributed by atoms with E-state index in [1.54, 1.807) is 30.3 Å². The molecule has 3 rings (SSSR count). The molecule has 1 aliphatic rings. The van der Waals surface area contributed by atoms with Gasteiger partial charge in [-0.05, 0) is 36.8 Å². The van der Waals surface area contributed by atoms with Crippen LogP contribution in [0.4, 0.5) is 10.1 Å². The molecule has 1 heterocycles. The Balaban J connectivity index is 1.70. The van der Waals surface area contributed by atoms with E-state index in [1.807, 2.05) is 11.8 Å². The fourth-order valence-electron chi connectivity index (χ4n) is 2.95. The van der Waals surface area contributed by atoms with E-state index in [4.69, 9.17) is 16.3 Å². The number of morpholine rings is 1. The summed E-state index contributed by atoms with van der Waals surface area (Å²) in [7, 11) is 0. The van der Waals surface area contributed by atoms with Crippen LogP contribution in [0, 0.1) is 12.7 Å². The standard InChI is InChI=1S/C20H21ClFN3O2/c1-13-11-19(25-7-9-27-10-8-25)18(22)12-16(13)14(2)23-24-20(26)15-5-3-4-6-17(15)21/h3-6,11-12,23H,2,7-10H2,1H3,(H,24,26). The van der Waals surface area contributed by atoms with E-state index in [0.29, 0.717) is 53.8 Å². The first-order valence-corrected chi connectivity index (χ1v) is 8.98. The van der Waals surface area contributed by atoms with Crippen LogP contribution in [0.5, 0.6) is 0 Å². The van der Waals surface area contributed by atoms with Crippen molar-refractivity contribution in [2.45, 2.75) is 6.92 Å². The van der Waals surface area contributed by atoms with Crippen molar-refractivity contribution in [2.75, 3.05) is 31.2 Å². The summed E-state index contributed by atoms with van der Waals surface area (Å²) in [4.78, 5) is 14.2. The number of aryl methyl sites for hydroxylation is 1. The average Bonchev–Trinajstić information content (AvgIpc) is 2.68. The summed E-state index contributed by atoms with van der Waals surface area (Å²) in [5.41, 5.74) is 7.99. The zero-order valence-electron chi connectivity index (χ0n) is 15.0. The molecule has 0 aromatic heterocycles. The molecule has 0 radical (unpaired) electrons. The van der Waals surface area contributed by atoms with Gasteiger partial charge in [0.25, 0.3) is 5.91 Å². The minimum Gasteiger partial charge on any atom is -0.378 e. The number of anilines is 1. The summed E-state index contributed by atoms with van der Waals surface area (Å²) in [6.07, 6.45) is 0. The van der Waals surface area contributed by atoms with E-state index < -0.39 is 5.91 Å². The normalized spacial score (nSPS) is 14.0. The number of nitrogens with one attached hydrogen (secondary N) is 2. The molecule has 2 aromatic rings. The van der Waals surface area contributed by atoms with Crippen LogP contribution in [0.25, 0.3) is 5.70 Å². The Hall–Kier alpha value is -2.57. The van der Waals surface area contributed by atoms with Gasteiger partial charge in [-0.2, -0.15) is 0 Å². The van der Waals surface area contributed by atoms with Crippen molar-refractivity contribution in [1.29, 1.82) is 0 Å². The minimum absolute atomic E-state index is 0.335. The number of carbonyl (C=O) groups is 1. The molecule has 2 aromatic carbocycles.